The number of benzene rings is 3. The second-order valence-electron chi connectivity index (χ2n) is 9.38. The van der Waals surface area contributed by atoms with Crippen molar-refractivity contribution in [1.82, 2.24) is 9.13 Å². The molecule has 0 radical (unpaired) electrons. The molecule has 2 heterocycles. The van der Waals surface area contributed by atoms with Crippen LogP contribution in [0, 0.1) is 12.7 Å². The SMILES string of the molecule is Cc1cccc(F)c1N1CC[C@@H](n2c(=O)n(Cc3ccccc3C(F)(F)F)c3c(OCCO)cccc32)C1. The first-order chi connectivity index (χ1) is 18.2. The van der Waals surface area contributed by atoms with Gasteiger partial charge in [0, 0.05) is 13.1 Å². The molecule has 0 amide bonds. The predicted octanol–water partition coefficient (Wildman–Crippen LogP) is 5.14. The van der Waals surface area contributed by atoms with Gasteiger partial charge in [-0.1, -0.05) is 36.4 Å². The number of aryl methyl sites for hydroxylation is 1. The Labute approximate surface area is 216 Å². The Morgan fingerprint density at radius 3 is 2.55 bits per heavy atom. The molecule has 6 nitrogen and oxygen atoms in total. The minimum Gasteiger partial charge on any atom is -0.489 e. The van der Waals surface area contributed by atoms with Crippen molar-refractivity contribution in [2.45, 2.75) is 32.1 Å². The van der Waals surface area contributed by atoms with Crippen LogP contribution in [0.25, 0.3) is 11.0 Å². The number of aliphatic hydroxyl groups is 1. The Kier molecular flexibility index (Phi) is 6.92. The topological polar surface area (TPSA) is 59.6 Å². The second-order valence-corrected chi connectivity index (χ2v) is 9.38. The van der Waals surface area contributed by atoms with Gasteiger partial charge in [-0.15, -0.1) is 0 Å². The molecular formula is C28H27F4N3O3. The van der Waals surface area contributed by atoms with E-state index < -0.39 is 17.4 Å². The highest BCUT2D eigenvalue weighted by molar-refractivity contribution is 5.83. The summed E-state index contributed by atoms with van der Waals surface area (Å²) < 4.78 is 64.5. The van der Waals surface area contributed by atoms with Gasteiger partial charge in [0.05, 0.1) is 36.0 Å². The van der Waals surface area contributed by atoms with Gasteiger partial charge in [-0.25, -0.2) is 9.18 Å². The molecule has 3 aromatic carbocycles. The molecule has 10 heteroatoms. The number of aliphatic hydroxyl groups excluding tert-OH is 1. The molecule has 1 N–H and O–H groups in total. The van der Waals surface area contributed by atoms with Gasteiger partial charge in [-0.05, 0) is 48.7 Å². The minimum absolute atomic E-state index is 0.0403. The summed E-state index contributed by atoms with van der Waals surface area (Å²) in [5.74, 6) is -0.0550. The quantitative estimate of drug-likeness (QED) is 0.337. The minimum atomic E-state index is -4.58. The Morgan fingerprint density at radius 1 is 1.05 bits per heavy atom. The van der Waals surface area contributed by atoms with E-state index in [1.165, 1.54) is 28.8 Å². The molecule has 0 spiro atoms. The standard InChI is InChI=1S/C28H27F4N3O3/c1-18-6-4-9-22(29)25(18)33-13-12-20(17-33)35-23-10-5-11-24(38-15-14-36)26(23)34(27(35)37)16-19-7-2-3-8-21(19)28(30,31)32/h2-11,20,36H,12-17H2,1H3/t20-/m1/s1. The molecule has 4 aromatic rings. The van der Waals surface area contributed by atoms with Crippen LogP contribution in [-0.4, -0.2) is 40.5 Å². The van der Waals surface area contributed by atoms with E-state index >= 15 is 0 Å². The molecule has 0 saturated carbocycles. The first-order valence-electron chi connectivity index (χ1n) is 12.3. The number of para-hydroxylation sites is 2. The van der Waals surface area contributed by atoms with E-state index in [4.69, 9.17) is 4.74 Å². The monoisotopic (exact) mass is 529 g/mol. The third-order valence-corrected chi connectivity index (χ3v) is 6.98. The molecule has 1 saturated heterocycles. The number of rotatable bonds is 7. The number of nitrogens with zero attached hydrogens (tertiary/aromatic N) is 3. The summed E-state index contributed by atoms with van der Waals surface area (Å²) >= 11 is 0. The summed E-state index contributed by atoms with van der Waals surface area (Å²) in [7, 11) is 0. The van der Waals surface area contributed by atoms with Crippen LogP contribution in [-0.2, 0) is 12.7 Å². The van der Waals surface area contributed by atoms with Gasteiger partial charge in [-0.2, -0.15) is 13.2 Å². The summed E-state index contributed by atoms with van der Waals surface area (Å²) in [6.07, 6.45) is -4.04. The van der Waals surface area contributed by atoms with Gasteiger partial charge >= 0.3 is 11.9 Å². The van der Waals surface area contributed by atoms with Gasteiger partial charge in [0.15, 0.2) is 0 Å². The molecule has 38 heavy (non-hydrogen) atoms. The molecule has 0 aliphatic carbocycles. The van der Waals surface area contributed by atoms with E-state index in [2.05, 4.69) is 0 Å². The van der Waals surface area contributed by atoms with Crippen LogP contribution >= 0.6 is 0 Å². The van der Waals surface area contributed by atoms with Crippen molar-refractivity contribution in [2.75, 3.05) is 31.2 Å². The zero-order valence-electron chi connectivity index (χ0n) is 20.7. The number of halogens is 4. The van der Waals surface area contributed by atoms with Crippen LogP contribution in [0.1, 0.15) is 29.2 Å². The van der Waals surface area contributed by atoms with Gasteiger partial charge in [0.1, 0.15) is 23.7 Å². The summed E-state index contributed by atoms with van der Waals surface area (Å²) in [6, 6.07) is 14.7. The second kappa shape index (κ2) is 10.2. The third kappa shape index (κ3) is 4.64. The highest BCUT2D eigenvalue weighted by atomic mass is 19.4. The number of fused-ring (bicyclic) bond motifs is 1. The van der Waals surface area contributed by atoms with Crippen molar-refractivity contribution >= 4 is 16.7 Å². The number of hydrogen-bond donors (Lipinski definition) is 1. The zero-order chi connectivity index (χ0) is 27.0. The molecule has 1 aliphatic rings. The fourth-order valence-corrected chi connectivity index (χ4v) is 5.36. The van der Waals surface area contributed by atoms with Crippen LogP contribution in [0.4, 0.5) is 23.2 Å². The van der Waals surface area contributed by atoms with Gasteiger partial charge in [0.25, 0.3) is 0 Å². The first kappa shape index (κ1) is 25.8. The van der Waals surface area contributed by atoms with Crippen molar-refractivity contribution in [1.29, 1.82) is 0 Å². The van der Waals surface area contributed by atoms with E-state index in [9.17, 15) is 27.5 Å². The largest absolute Gasteiger partial charge is 0.489 e. The molecule has 1 aromatic heterocycles. The molecule has 1 aliphatic heterocycles. The average molecular weight is 530 g/mol. The molecule has 5 rings (SSSR count). The Hall–Kier alpha value is -3.79. The fraction of sp³-hybridized carbons (Fsp3) is 0.321. The van der Waals surface area contributed by atoms with E-state index in [1.807, 2.05) is 17.9 Å². The number of alkyl halides is 3. The van der Waals surface area contributed by atoms with Crippen molar-refractivity contribution in [3.8, 4) is 5.75 Å². The summed E-state index contributed by atoms with van der Waals surface area (Å²) in [5.41, 5.74) is 0.781. The highest BCUT2D eigenvalue weighted by Gasteiger charge is 2.34. The van der Waals surface area contributed by atoms with Crippen molar-refractivity contribution in [3.63, 3.8) is 0 Å². The van der Waals surface area contributed by atoms with E-state index in [0.29, 0.717) is 36.2 Å². The van der Waals surface area contributed by atoms with Crippen LogP contribution in [0.2, 0.25) is 0 Å². The lowest BCUT2D eigenvalue weighted by Crippen LogP contribution is -2.30. The van der Waals surface area contributed by atoms with Crippen LogP contribution < -0.4 is 15.3 Å². The zero-order valence-corrected chi connectivity index (χ0v) is 20.7. The maximum atomic E-state index is 14.7. The van der Waals surface area contributed by atoms with Gasteiger partial charge in [0.2, 0.25) is 0 Å². The number of imidazole rings is 1. The maximum absolute atomic E-state index is 14.7. The number of aromatic nitrogens is 2. The molecular weight excluding hydrogens is 502 g/mol. The Bertz CT molecular complexity index is 1510. The normalized spacial score (nSPS) is 15.9. The lowest BCUT2D eigenvalue weighted by atomic mass is 10.1. The molecule has 200 valence electrons. The van der Waals surface area contributed by atoms with E-state index in [1.54, 1.807) is 28.8 Å². The lowest BCUT2D eigenvalue weighted by molar-refractivity contribution is -0.138. The smallest absolute Gasteiger partial charge is 0.416 e. The summed E-state index contributed by atoms with van der Waals surface area (Å²) in [4.78, 5) is 15.8. The first-order valence-corrected chi connectivity index (χ1v) is 12.3. The van der Waals surface area contributed by atoms with Crippen molar-refractivity contribution < 1.29 is 27.4 Å². The van der Waals surface area contributed by atoms with Gasteiger partial charge < -0.3 is 14.7 Å². The Morgan fingerprint density at radius 2 is 1.82 bits per heavy atom. The number of ether oxygens (including phenoxy) is 1. The van der Waals surface area contributed by atoms with Crippen LogP contribution in [0.3, 0.4) is 0 Å². The van der Waals surface area contributed by atoms with E-state index in [0.717, 1.165) is 11.6 Å². The lowest BCUT2D eigenvalue weighted by Gasteiger charge is -2.21. The van der Waals surface area contributed by atoms with Crippen molar-refractivity contribution in [2.24, 2.45) is 0 Å². The van der Waals surface area contributed by atoms with Crippen LogP contribution in [0.5, 0.6) is 5.75 Å². The molecule has 1 atom stereocenters. The van der Waals surface area contributed by atoms with Crippen LogP contribution in [0.15, 0.2) is 65.5 Å². The van der Waals surface area contributed by atoms with Gasteiger partial charge in [-0.3, -0.25) is 9.13 Å². The summed E-state index contributed by atoms with van der Waals surface area (Å²) in [5, 5.41) is 9.28. The molecule has 1 fully saturated rings. The predicted molar refractivity (Wildman–Crippen MR) is 136 cm³/mol. The van der Waals surface area contributed by atoms with Crippen molar-refractivity contribution in [3.05, 3.63) is 93.7 Å². The number of anilines is 1. The average Bonchev–Trinajstić information content (AvgIpc) is 3.45. The molecule has 0 bridgehead atoms. The van der Waals surface area contributed by atoms with E-state index in [-0.39, 0.29) is 42.9 Å². The fourth-order valence-electron chi connectivity index (χ4n) is 5.36. The maximum Gasteiger partial charge on any atom is 0.416 e. The number of hydrogen-bond acceptors (Lipinski definition) is 4. The summed E-state index contributed by atoms with van der Waals surface area (Å²) in [6.45, 7) is 2.08. The molecule has 0 unspecified atom stereocenters. The Balaban J connectivity index is 1.62. The third-order valence-electron chi connectivity index (χ3n) is 6.98. The highest BCUT2D eigenvalue weighted by Crippen LogP contribution is 2.36.